The minimum absolute atomic E-state index is 0.0280. The largest absolute Gasteiger partial charge is 0.513 e. The number of aliphatic hydroxyl groups excluding tert-OH is 1. The summed E-state index contributed by atoms with van der Waals surface area (Å²) in [6.45, 7) is 17.0. The summed E-state index contributed by atoms with van der Waals surface area (Å²) in [6, 6.07) is 13.7. The number of piperazine rings is 1. The zero-order valence-corrected chi connectivity index (χ0v) is 23.3. The van der Waals surface area contributed by atoms with E-state index in [-0.39, 0.29) is 11.5 Å². The van der Waals surface area contributed by atoms with Gasteiger partial charge in [-0.1, -0.05) is 24.6 Å². The molecular formula is C33H42N3O2+. The first-order valence-corrected chi connectivity index (χ1v) is 14.4. The Morgan fingerprint density at radius 3 is 2.68 bits per heavy atom. The maximum atomic E-state index is 9.24. The molecule has 0 amide bonds. The smallest absolute Gasteiger partial charge is 0.209 e. The first kappa shape index (κ1) is 25.2. The van der Waals surface area contributed by atoms with Crippen LogP contribution in [0.5, 0.6) is 5.75 Å². The number of ether oxygens (including phenoxy) is 1. The Morgan fingerprint density at radius 1 is 1.08 bits per heavy atom. The van der Waals surface area contributed by atoms with Crippen LogP contribution in [-0.4, -0.2) is 65.7 Å². The van der Waals surface area contributed by atoms with Crippen molar-refractivity contribution in [3.63, 3.8) is 0 Å². The highest BCUT2D eigenvalue weighted by Gasteiger charge is 2.52. The number of aliphatic hydroxyl groups is 1. The molecule has 200 valence electrons. The van der Waals surface area contributed by atoms with Crippen molar-refractivity contribution in [1.29, 1.82) is 0 Å². The second-order valence-corrected chi connectivity index (χ2v) is 12.1. The third-order valence-electron chi connectivity index (χ3n) is 8.97. The zero-order valence-electron chi connectivity index (χ0n) is 23.3. The number of anilines is 1. The maximum Gasteiger partial charge on any atom is 0.209 e. The summed E-state index contributed by atoms with van der Waals surface area (Å²) >= 11 is 0. The van der Waals surface area contributed by atoms with Gasteiger partial charge in [0.15, 0.2) is 12.3 Å². The van der Waals surface area contributed by atoms with E-state index < -0.39 is 0 Å². The monoisotopic (exact) mass is 512 g/mol. The molecule has 1 unspecified atom stereocenters. The predicted octanol–water partition coefficient (Wildman–Crippen LogP) is 6.37. The molecule has 5 heteroatoms. The van der Waals surface area contributed by atoms with E-state index in [1.54, 1.807) is 0 Å². The van der Waals surface area contributed by atoms with Gasteiger partial charge in [-0.2, -0.15) is 4.58 Å². The summed E-state index contributed by atoms with van der Waals surface area (Å²) in [5, 5.41) is 9.24. The lowest BCUT2D eigenvalue weighted by molar-refractivity contribution is -0.444. The molecule has 2 aromatic rings. The third-order valence-corrected chi connectivity index (χ3v) is 8.97. The second-order valence-electron chi connectivity index (χ2n) is 12.1. The van der Waals surface area contributed by atoms with Crippen LogP contribution in [-0.2, 0) is 5.41 Å². The van der Waals surface area contributed by atoms with E-state index in [1.165, 1.54) is 45.8 Å². The quantitative estimate of drug-likeness (QED) is 0.266. The van der Waals surface area contributed by atoms with Crippen LogP contribution in [0.15, 0.2) is 54.3 Å². The van der Waals surface area contributed by atoms with Crippen molar-refractivity contribution in [2.45, 2.75) is 64.4 Å². The van der Waals surface area contributed by atoms with E-state index in [4.69, 9.17) is 4.74 Å². The molecule has 1 fully saturated rings. The molecule has 0 aliphatic carbocycles. The van der Waals surface area contributed by atoms with E-state index in [0.717, 1.165) is 70.7 Å². The number of rotatable bonds is 7. The molecule has 0 saturated carbocycles. The minimum atomic E-state index is -0.0280. The van der Waals surface area contributed by atoms with Crippen LogP contribution in [0.3, 0.4) is 0 Å². The van der Waals surface area contributed by atoms with Crippen LogP contribution in [0, 0.1) is 6.92 Å². The summed E-state index contributed by atoms with van der Waals surface area (Å²) in [5.74, 6) is 1.34. The van der Waals surface area contributed by atoms with Crippen LogP contribution in [0.25, 0.3) is 6.08 Å². The Balaban J connectivity index is 1.15. The molecule has 0 bridgehead atoms. The summed E-state index contributed by atoms with van der Waals surface area (Å²) in [5.41, 5.74) is 9.34. The molecule has 1 saturated heterocycles. The molecule has 4 aliphatic heterocycles. The lowest BCUT2D eigenvalue weighted by Gasteiger charge is -2.37. The fraction of sp³-hybridized carbons (Fsp3) is 0.485. The Hall–Kier alpha value is -3.05. The number of hydrogen-bond donors (Lipinski definition) is 1. The Labute approximate surface area is 227 Å². The number of hydrogen-bond acceptors (Lipinski definition) is 4. The normalized spacial score (nSPS) is 21.7. The average molecular weight is 513 g/mol. The topological polar surface area (TPSA) is 38.9 Å². The van der Waals surface area contributed by atoms with E-state index in [1.807, 2.05) is 0 Å². The van der Waals surface area contributed by atoms with Crippen molar-refractivity contribution >= 4 is 23.2 Å². The number of benzene rings is 2. The molecular weight excluding hydrogens is 470 g/mol. The fourth-order valence-electron chi connectivity index (χ4n) is 6.89. The van der Waals surface area contributed by atoms with Crippen molar-refractivity contribution in [1.82, 2.24) is 4.90 Å². The third kappa shape index (κ3) is 4.55. The summed E-state index contributed by atoms with van der Waals surface area (Å²) in [4.78, 5) is 5.08. The average Bonchev–Trinajstić information content (AvgIpc) is 3.13. The van der Waals surface area contributed by atoms with Crippen LogP contribution < -0.4 is 9.64 Å². The number of unbranched alkanes of at least 4 members (excludes halogenated alkanes) is 2. The van der Waals surface area contributed by atoms with Gasteiger partial charge < -0.3 is 14.7 Å². The van der Waals surface area contributed by atoms with Crippen LogP contribution >= 0.6 is 0 Å². The van der Waals surface area contributed by atoms with Gasteiger partial charge in [-0.25, -0.2) is 0 Å². The lowest BCUT2D eigenvalue weighted by atomic mass is 9.75. The standard InChI is InChI=1S/C33H41N3O2/c1-23-9-12-29-28(20-23)33(3,4)32-27-21-25-10-11-26(22-31(25)38-30(27)13-15-36(29)32)35-18-16-34(17-19-35)14-7-5-6-8-24(2)37/h9-12,20-22,30H,2,5-8,13-19H2,1,3-4H3/p+1. The Kier molecular flexibility index (Phi) is 6.59. The van der Waals surface area contributed by atoms with E-state index >= 15 is 0 Å². The minimum Gasteiger partial charge on any atom is -0.513 e. The molecule has 6 rings (SSSR count). The lowest BCUT2D eigenvalue weighted by Crippen LogP contribution is -2.46. The van der Waals surface area contributed by atoms with E-state index in [2.05, 4.69) is 84.2 Å². The highest BCUT2D eigenvalue weighted by Crippen LogP contribution is 2.47. The zero-order chi connectivity index (χ0) is 26.4. The Bertz CT molecular complexity index is 1310. The van der Waals surface area contributed by atoms with Gasteiger partial charge in [0.05, 0.1) is 16.7 Å². The second kappa shape index (κ2) is 9.92. The number of aryl methyl sites for hydroxylation is 1. The Morgan fingerprint density at radius 2 is 1.89 bits per heavy atom. The van der Waals surface area contributed by atoms with Crippen LogP contribution in [0.2, 0.25) is 0 Å². The van der Waals surface area contributed by atoms with Gasteiger partial charge in [-0.05, 0) is 64.4 Å². The molecule has 0 spiro atoms. The molecule has 1 N–H and O–H groups in total. The first-order valence-electron chi connectivity index (χ1n) is 14.4. The fourth-order valence-corrected chi connectivity index (χ4v) is 6.89. The van der Waals surface area contributed by atoms with Crippen molar-refractivity contribution in [3.8, 4) is 5.75 Å². The van der Waals surface area contributed by atoms with E-state index in [0.29, 0.717) is 5.76 Å². The molecule has 4 aliphatic rings. The van der Waals surface area contributed by atoms with Crippen molar-refractivity contribution < 1.29 is 14.4 Å². The van der Waals surface area contributed by atoms with Gasteiger partial charge in [0.1, 0.15) is 11.9 Å². The molecule has 2 aromatic carbocycles. The van der Waals surface area contributed by atoms with Crippen molar-refractivity contribution in [2.24, 2.45) is 0 Å². The molecule has 4 heterocycles. The van der Waals surface area contributed by atoms with Gasteiger partial charge in [0.25, 0.3) is 0 Å². The molecule has 0 radical (unpaired) electrons. The molecule has 38 heavy (non-hydrogen) atoms. The van der Waals surface area contributed by atoms with Gasteiger partial charge >= 0.3 is 0 Å². The number of allylic oxidation sites excluding steroid dienone is 1. The van der Waals surface area contributed by atoms with Crippen LogP contribution in [0.1, 0.15) is 62.6 Å². The predicted molar refractivity (Wildman–Crippen MR) is 156 cm³/mol. The molecule has 0 aromatic heterocycles. The highest BCUT2D eigenvalue weighted by atomic mass is 16.5. The van der Waals surface area contributed by atoms with Gasteiger partial charge in [-0.15, -0.1) is 0 Å². The van der Waals surface area contributed by atoms with E-state index in [9.17, 15) is 5.11 Å². The first-order chi connectivity index (χ1) is 18.3. The summed E-state index contributed by atoms with van der Waals surface area (Å²) < 4.78 is 9.27. The van der Waals surface area contributed by atoms with Crippen molar-refractivity contribution in [2.75, 3.05) is 44.2 Å². The molecule has 1 atom stereocenters. The number of nitrogens with zero attached hydrogens (tertiary/aromatic N) is 3. The van der Waals surface area contributed by atoms with Crippen LogP contribution in [0.4, 0.5) is 11.4 Å². The summed E-state index contributed by atoms with van der Waals surface area (Å²) in [7, 11) is 0. The molecule has 5 nitrogen and oxygen atoms in total. The van der Waals surface area contributed by atoms with Gasteiger partial charge in [-0.3, -0.25) is 4.90 Å². The summed E-state index contributed by atoms with van der Waals surface area (Å²) in [6.07, 6.45) is 7.63. The SMILES string of the molecule is C=C(O)CCCCCN1CCN(c2ccc3c(c2)OC2CC[N+]4=C(C2=C3)C(C)(C)c2cc(C)ccc24)CC1. The number of fused-ring (bicyclic) bond motifs is 5. The van der Waals surface area contributed by atoms with Crippen molar-refractivity contribution in [3.05, 3.63) is 71.0 Å². The van der Waals surface area contributed by atoms with Gasteiger partial charge in [0.2, 0.25) is 5.69 Å². The van der Waals surface area contributed by atoms with Gasteiger partial charge in [0, 0.05) is 68.0 Å². The highest BCUT2D eigenvalue weighted by molar-refractivity contribution is 6.11. The maximum absolute atomic E-state index is 9.24.